The number of hydrogen-bond acceptors (Lipinski definition) is 3. The number of piperidine rings is 1. The fourth-order valence-corrected chi connectivity index (χ4v) is 3.52. The molecule has 1 fully saturated rings. The minimum Gasteiger partial charge on any atom is -0.497 e. The van der Waals surface area contributed by atoms with Crippen molar-refractivity contribution in [3.63, 3.8) is 0 Å². The van der Waals surface area contributed by atoms with Crippen molar-refractivity contribution in [2.24, 2.45) is 5.92 Å². The Morgan fingerprint density at radius 3 is 2.92 bits per heavy atom. The molecule has 2 N–H and O–H groups in total. The van der Waals surface area contributed by atoms with Crippen LogP contribution in [0.1, 0.15) is 25.3 Å². The molecule has 6 nitrogen and oxygen atoms in total. The number of amides is 1. The highest BCUT2D eigenvalue weighted by Crippen LogP contribution is 2.27. The number of H-pyrrole nitrogens is 1. The quantitative estimate of drug-likeness (QED) is 0.902. The number of hydrogen-bond donors (Lipinski definition) is 2. The molecule has 1 saturated heterocycles. The van der Waals surface area contributed by atoms with Gasteiger partial charge < -0.3 is 19.7 Å². The third kappa shape index (κ3) is 2.96. The van der Waals surface area contributed by atoms with Gasteiger partial charge in [-0.3, -0.25) is 9.59 Å². The molecule has 128 valence electrons. The van der Waals surface area contributed by atoms with E-state index in [2.05, 4.69) is 4.98 Å². The molecule has 1 aromatic heterocycles. The van der Waals surface area contributed by atoms with Crippen molar-refractivity contribution in [1.82, 2.24) is 9.88 Å². The van der Waals surface area contributed by atoms with Crippen LogP contribution in [-0.4, -0.2) is 46.6 Å². The maximum atomic E-state index is 12.7. The van der Waals surface area contributed by atoms with Gasteiger partial charge in [-0.15, -0.1) is 0 Å². The van der Waals surface area contributed by atoms with Crippen molar-refractivity contribution in [2.75, 3.05) is 13.7 Å². The highest BCUT2D eigenvalue weighted by Gasteiger charge is 2.35. The molecule has 2 aromatic rings. The summed E-state index contributed by atoms with van der Waals surface area (Å²) in [6.45, 7) is 2.45. The molecule has 2 heterocycles. The van der Waals surface area contributed by atoms with E-state index in [9.17, 15) is 14.7 Å². The van der Waals surface area contributed by atoms with Crippen LogP contribution >= 0.6 is 0 Å². The van der Waals surface area contributed by atoms with Crippen molar-refractivity contribution in [1.29, 1.82) is 0 Å². The molecule has 0 spiro atoms. The number of fused-ring (bicyclic) bond motifs is 1. The van der Waals surface area contributed by atoms with Crippen molar-refractivity contribution < 1.29 is 19.4 Å². The Bertz CT molecular complexity index is 767. The van der Waals surface area contributed by atoms with Gasteiger partial charge in [0.05, 0.1) is 19.4 Å². The summed E-state index contributed by atoms with van der Waals surface area (Å²) in [5.74, 6) is -0.590. The lowest BCUT2D eigenvalue weighted by Crippen LogP contribution is -2.49. The highest BCUT2D eigenvalue weighted by atomic mass is 16.5. The first kappa shape index (κ1) is 16.4. The molecule has 1 aliphatic rings. The Labute approximate surface area is 140 Å². The van der Waals surface area contributed by atoms with E-state index < -0.39 is 11.9 Å². The number of aromatic nitrogens is 1. The van der Waals surface area contributed by atoms with Gasteiger partial charge in [0, 0.05) is 29.7 Å². The molecule has 6 heteroatoms. The van der Waals surface area contributed by atoms with E-state index in [1.165, 1.54) is 0 Å². The van der Waals surface area contributed by atoms with Gasteiger partial charge in [0.1, 0.15) is 5.75 Å². The number of likely N-dealkylation sites (tertiary alicyclic amines) is 1. The normalized spacial score (nSPS) is 21.0. The van der Waals surface area contributed by atoms with Crippen LogP contribution in [-0.2, 0) is 16.0 Å². The van der Waals surface area contributed by atoms with Crippen molar-refractivity contribution in [3.8, 4) is 5.75 Å². The average Bonchev–Trinajstić information content (AvgIpc) is 2.96. The fourth-order valence-electron chi connectivity index (χ4n) is 3.52. The third-order valence-corrected chi connectivity index (χ3v) is 4.94. The van der Waals surface area contributed by atoms with Crippen LogP contribution in [0, 0.1) is 5.92 Å². The lowest BCUT2D eigenvalue weighted by atomic mass is 9.90. The van der Waals surface area contributed by atoms with E-state index in [0.29, 0.717) is 13.0 Å². The SMILES string of the molecule is COc1ccc2[nH]cc(CC(=O)N3CCC[C@H](C(=O)O)[C@@H]3C)c2c1. The number of benzene rings is 1. The number of rotatable bonds is 4. The minimum atomic E-state index is -0.822. The monoisotopic (exact) mass is 330 g/mol. The van der Waals surface area contributed by atoms with Crippen LogP contribution in [0.2, 0.25) is 0 Å². The maximum absolute atomic E-state index is 12.7. The summed E-state index contributed by atoms with van der Waals surface area (Å²) < 4.78 is 5.25. The molecule has 0 unspecified atom stereocenters. The van der Waals surface area contributed by atoms with Gasteiger partial charge in [-0.05, 0) is 43.5 Å². The predicted molar refractivity (Wildman–Crippen MR) is 90.1 cm³/mol. The van der Waals surface area contributed by atoms with E-state index in [0.717, 1.165) is 28.6 Å². The number of ether oxygens (including phenoxy) is 1. The molecule has 0 aliphatic carbocycles. The van der Waals surface area contributed by atoms with Gasteiger partial charge in [-0.2, -0.15) is 0 Å². The summed E-state index contributed by atoms with van der Waals surface area (Å²) >= 11 is 0. The molecule has 24 heavy (non-hydrogen) atoms. The van der Waals surface area contributed by atoms with E-state index in [1.807, 2.05) is 31.3 Å². The summed E-state index contributed by atoms with van der Waals surface area (Å²) in [5.41, 5.74) is 1.85. The van der Waals surface area contributed by atoms with E-state index in [1.54, 1.807) is 12.0 Å². The molecular formula is C18H22N2O4. The summed E-state index contributed by atoms with van der Waals surface area (Å²) in [6.07, 6.45) is 3.45. The largest absolute Gasteiger partial charge is 0.497 e. The van der Waals surface area contributed by atoms with Crippen LogP contribution in [0.3, 0.4) is 0 Å². The molecule has 0 saturated carbocycles. The topological polar surface area (TPSA) is 82.6 Å². The molecule has 2 atom stereocenters. The number of nitrogens with zero attached hydrogens (tertiary/aromatic N) is 1. The summed E-state index contributed by atoms with van der Waals surface area (Å²) in [5, 5.41) is 10.3. The van der Waals surface area contributed by atoms with Gasteiger partial charge >= 0.3 is 5.97 Å². The first-order valence-corrected chi connectivity index (χ1v) is 8.17. The Morgan fingerprint density at radius 2 is 2.21 bits per heavy atom. The smallest absolute Gasteiger partial charge is 0.308 e. The van der Waals surface area contributed by atoms with E-state index in [4.69, 9.17) is 4.74 Å². The van der Waals surface area contributed by atoms with Crippen molar-refractivity contribution in [3.05, 3.63) is 30.0 Å². The summed E-state index contributed by atoms with van der Waals surface area (Å²) in [4.78, 5) is 28.9. The molecule has 1 aromatic carbocycles. The molecule has 1 aliphatic heterocycles. The predicted octanol–water partition coefficient (Wildman–Crippen LogP) is 2.43. The van der Waals surface area contributed by atoms with Crippen LogP contribution in [0.4, 0.5) is 0 Å². The van der Waals surface area contributed by atoms with Gasteiger partial charge in [0.2, 0.25) is 5.91 Å². The first-order valence-electron chi connectivity index (χ1n) is 8.17. The standard InChI is InChI=1S/C18H22N2O4/c1-11-14(18(22)23)4-3-7-20(11)17(21)8-12-10-19-16-6-5-13(24-2)9-15(12)16/h5-6,9-11,14,19H,3-4,7-8H2,1-2H3,(H,22,23)/t11-,14-/m0/s1. The number of carbonyl (C=O) groups excluding carboxylic acids is 1. The van der Waals surface area contributed by atoms with Crippen molar-refractivity contribution in [2.45, 2.75) is 32.2 Å². The lowest BCUT2D eigenvalue weighted by molar-refractivity contribution is -0.148. The van der Waals surface area contributed by atoms with Gasteiger partial charge in [-0.1, -0.05) is 0 Å². The Morgan fingerprint density at radius 1 is 1.42 bits per heavy atom. The number of aromatic amines is 1. The lowest BCUT2D eigenvalue weighted by Gasteiger charge is -2.37. The second-order valence-electron chi connectivity index (χ2n) is 6.32. The second kappa shape index (κ2) is 6.55. The third-order valence-electron chi connectivity index (χ3n) is 4.94. The molecule has 1 amide bonds. The molecule has 0 bridgehead atoms. The Balaban J connectivity index is 1.80. The average molecular weight is 330 g/mol. The first-order chi connectivity index (χ1) is 11.5. The number of carboxylic acids is 1. The number of methoxy groups -OCH3 is 1. The molecule has 3 rings (SSSR count). The van der Waals surface area contributed by atoms with Gasteiger partial charge in [0.25, 0.3) is 0 Å². The molecule has 0 radical (unpaired) electrons. The van der Waals surface area contributed by atoms with Gasteiger partial charge in [0.15, 0.2) is 0 Å². The van der Waals surface area contributed by atoms with Crippen LogP contribution < -0.4 is 4.74 Å². The minimum absolute atomic E-state index is 0.0304. The van der Waals surface area contributed by atoms with Gasteiger partial charge in [-0.25, -0.2) is 0 Å². The second-order valence-corrected chi connectivity index (χ2v) is 6.32. The highest BCUT2D eigenvalue weighted by molar-refractivity contribution is 5.90. The zero-order valence-electron chi connectivity index (χ0n) is 13.9. The van der Waals surface area contributed by atoms with Crippen LogP contribution in [0.15, 0.2) is 24.4 Å². The number of carbonyl (C=O) groups is 2. The van der Waals surface area contributed by atoms with E-state index in [-0.39, 0.29) is 18.4 Å². The summed E-state index contributed by atoms with van der Waals surface area (Å²) in [7, 11) is 1.61. The zero-order valence-corrected chi connectivity index (χ0v) is 13.9. The van der Waals surface area contributed by atoms with Crippen molar-refractivity contribution >= 4 is 22.8 Å². The van der Waals surface area contributed by atoms with Crippen LogP contribution in [0.25, 0.3) is 10.9 Å². The van der Waals surface area contributed by atoms with Crippen LogP contribution in [0.5, 0.6) is 5.75 Å². The number of aliphatic carboxylic acids is 1. The van der Waals surface area contributed by atoms with E-state index >= 15 is 0 Å². The molecular weight excluding hydrogens is 308 g/mol. The Hall–Kier alpha value is -2.50. The number of nitrogens with one attached hydrogen (secondary N) is 1. The fraction of sp³-hybridized carbons (Fsp3) is 0.444. The Kier molecular flexibility index (Phi) is 4.46. The zero-order chi connectivity index (χ0) is 17.3. The maximum Gasteiger partial charge on any atom is 0.308 e. The number of carboxylic acid groups (broad SMARTS) is 1. The summed E-state index contributed by atoms with van der Waals surface area (Å²) in [6, 6.07) is 5.43.